The molecule has 0 unspecified atom stereocenters. The molecule has 0 saturated heterocycles. The van der Waals surface area contributed by atoms with Crippen LogP contribution in [-0.2, 0) is 12.8 Å². The van der Waals surface area contributed by atoms with Crippen molar-refractivity contribution in [1.82, 2.24) is 5.32 Å². The van der Waals surface area contributed by atoms with Gasteiger partial charge in [-0.15, -0.1) is 0 Å². The third-order valence-electron chi connectivity index (χ3n) is 12.2. The molecule has 6 aromatic carbocycles. The first-order chi connectivity index (χ1) is 33.2. The van der Waals surface area contributed by atoms with Gasteiger partial charge in [-0.2, -0.15) is 0 Å². The van der Waals surface area contributed by atoms with Crippen molar-refractivity contribution in [3.63, 3.8) is 0 Å². The molecular weight excluding hydrogens is 924 g/mol. The number of rotatable bonds is 11. The zero-order chi connectivity index (χ0) is 50.1. The maximum absolute atomic E-state index is 13.3. The molecule has 1 amide bonds. The van der Waals surface area contributed by atoms with Gasteiger partial charge in [0.05, 0.1) is 84.1 Å². The molecule has 0 heterocycles. The van der Waals surface area contributed by atoms with Gasteiger partial charge in [0.15, 0.2) is 23.0 Å². The van der Waals surface area contributed by atoms with Crippen LogP contribution >= 0.6 is 23.2 Å². The number of nitrogens with one attached hydrogen (secondary N) is 1. The lowest BCUT2D eigenvalue weighted by molar-refractivity contribution is 0.0696. The third kappa shape index (κ3) is 10.8. The summed E-state index contributed by atoms with van der Waals surface area (Å²) in [4.78, 5) is 23.8. The van der Waals surface area contributed by atoms with Crippen LogP contribution in [-0.4, -0.2) is 73.9 Å². The van der Waals surface area contributed by atoms with Gasteiger partial charge in [0, 0.05) is 17.2 Å². The average Bonchev–Trinajstić information content (AvgIpc) is 3.60. The maximum atomic E-state index is 13.3. The Morgan fingerprint density at radius 3 is 1.46 bits per heavy atom. The van der Waals surface area contributed by atoms with Crippen LogP contribution in [0.2, 0.25) is 10.0 Å². The zero-order valence-electron chi connectivity index (χ0n) is 40.4. The van der Waals surface area contributed by atoms with Gasteiger partial charge in [0.2, 0.25) is 11.5 Å². The molecule has 364 valence electrons. The van der Waals surface area contributed by atoms with Gasteiger partial charge < -0.3 is 54.1 Å². The monoisotopic (exact) mass is 980 g/mol. The summed E-state index contributed by atoms with van der Waals surface area (Å²) < 4.78 is 44.6. The molecular formula is C54H58Cl2N2O11. The number of carboxylic acid groups (broad SMARTS) is 1. The predicted octanol–water partition coefficient (Wildman–Crippen LogP) is 11.4. The van der Waals surface area contributed by atoms with E-state index in [9.17, 15) is 9.59 Å². The molecule has 69 heavy (non-hydrogen) atoms. The van der Waals surface area contributed by atoms with E-state index in [1.807, 2.05) is 67.6 Å². The van der Waals surface area contributed by atoms with Crippen LogP contribution in [0.25, 0.3) is 22.3 Å². The minimum atomic E-state index is -0.987. The highest BCUT2D eigenvalue weighted by atomic mass is 35.5. The Morgan fingerprint density at radius 1 is 0.565 bits per heavy atom. The van der Waals surface area contributed by atoms with Crippen molar-refractivity contribution in [2.75, 3.05) is 56.9 Å². The van der Waals surface area contributed by atoms with Crippen LogP contribution in [0.5, 0.6) is 46.0 Å². The first-order valence-corrected chi connectivity index (χ1v) is 22.8. The molecule has 0 radical (unpaired) electrons. The summed E-state index contributed by atoms with van der Waals surface area (Å²) in [5.41, 5.74) is 16.8. The van der Waals surface area contributed by atoms with Crippen LogP contribution in [0, 0.1) is 13.8 Å². The van der Waals surface area contributed by atoms with Crippen molar-refractivity contribution < 1.29 is 52.6 Å². The van der Waals surface area contributed by atoms with E-state index < -0.39 is 5.97 Å². The second-order valence-electron chi connectivity index (χ2n) is 16.2. The summed E-state index contributed by atoms with van der Waals surface area (Å²) in [6.45, 7) is 3.66. The molecule has 2 aliphatic carbocycles. The largest absolute Gasteiger partial charge is 0.497 e. The number of benzene rings is 6. The van der Waals surface area contributed by atoms with Gasteiger partial charge in [0.25, 0.3) is 5.91 Å². The molecule has 15 heteroatoms. The molecule has 0 fully saturated rings. The number of amides is 1. The van der Waals surface area contributed by atoms with Gasteiger partial charge in [-0.3, -0.25) is 4.79 Å². The van der Waals surface area contributed by atoms with Gasteiger partial charge in [-0.05, 0) is 133 Å². The number of ether oxygens (including phenoxy) is 8. The summed E-state index contributed by atoms with van der Waals surface area (Å²) in [5.74, 6) is 3.95. The lowest BCUT2D eigenvalue weighted by Crippen LogP contribution is -2.29. The predicted molar refractivity (Wildman–Crippen MR) is 269 cm³/mol. The van der Waals surface area contributed by atoms with Crippen LogP contribution in [0.4, 0.5) is 0 Å². The Labute approximate surface area is 413 Å². The van der Waals surface area contributed by atoms with Crippen molar-refractivity contribution in [3.8, 4) is 68.2 Å². The topological polar surface area (TPSA) is 166 Å². The molecule has 8 rings (SSSR count). The SMILES string of the molecule is COc1ccc2c(c1)[C@@H](N)CCc1cc(OC)c(OC)c(OC)c1-2.COc1ccc2c(c1)[C@@H](NC(=O)c1cccc(C)c1Cl)CCc1cc(OC)c(OC)c(OC)c1-2.Cc1cccc(C(=O)O)c1Cl. The lowest BCUT2D eigenvalue weighted by Gasteiger charge is -2.22. The highest BCUT2D eigenvalue weighted by Crippen LogP contribution is 2.52. The Hall–Kier alpha value is -6.80. The van der Waals surface area contributed by atoms with Crippen LogP contribution in [0.3, 0.4) is 0 Å². The number of methoxy groups -OCH3 is 8. The van der Waals surface area contributed by atoms with Gasteiger partial charge in [-0.25, -0.2) is 4.79 Å². The Kier molecular flexibility index (Phi) is 17.2. The summed E-state index contributed by atoms with van der Waals surface area (Å²) in [6, 6.07) is 25.9. The second kappa shape index (κ2) is 23.0. The van der Waals surface area contributed by atoms with Crippen LogP contribution in [0.1, 0.15) is 79.0 Å². The van der Waals surface area contributed by atoms with Gasteiger partial charge >= 0.3 is 5.97 Å². The number of fused-ring (bicyclic) bond motifs is 6. The average molecular weight is 982 g/mol. The van der Waals surface area contributed by atoms with E-state index in [0.29, 0.717) is 68.7 Å². The minimum absolute atomic E-state index is 0.0656. The molecule has 4 N–H and O–H groups in total. The van der Waals surface area contributed by atoms with E-state index >= 15 is 0 Å². The molecule has 2 aliphatic rings. The number of carbonyl (C=O) groups excluding carboxylic acids is 1. The van der Waals surface area contributed by atoms with Crippen molar-refractivity contribution in [2.24, 2.45) is 5.73 Å². The molecule has 0 spiro atoms. The number of aromatic carboxylic acids is 1. The smallest absolute Gasteiger partial charge is 0.337 e. The Bertz CT molecular complexity index is 2850. The molecule has 0 aromatic heterocycles. The Morgan fingerprint density at radius 2 is 1.01 bits per heavy atom. The van der Waals surface area contributed by atoms with Gasteiger partial charge in [-0.1, -0.05) is 59.6 Å². The fourth-order valence-electron chi connectivity index (χ4n) is 8.73. The van der Waals surface area contributed by atoms with Crippen molar-refractivity contribution >= 4 is 35.1 Å². The highest BCUT2D eigenvalue weighted by molar-refractivity contribution is 6.34. The number of hydrogen-bond donors (Lipinski definition) is 3. The van der Waals surface area contributed by atoms with E-state index in [2.05, 4.69) is 5.32 Å². The van der Waals surface area contributed by atoms with E-state index in [1.165, 1.54) is 6.07 Å². The fraction of sp³-hybridized carbons (Fsp3) is 0.296. The summed E-state index contributed by atoms with van der Waals surface area (Å²) in [6.07, 6.45) is 3.03. The van der Waals surface area contributed by atoms with Crippen molar-refractivity contribution in [3.05, 3.63) is 139 Å². The summed E-state index contributed by atoms with van der Waals surface area (Å²) >= 11 is 12.1. The molecule has 0 saturated carbocycles. The van der Waals surface area contributed by atoms with Crippen molar-refractivity contribution in [2.45, 2.75) is 51.6 Å². The first-order valence-electron chi connectivity index (χ1n) is 22.0. The standard InChI is InChI=1S/C27H28ClNO5.C19H23NO4.C8H7ClO2/c1-15-7-6-8-19(24(15)28)27(30)29-21-12-9-16-13-22(32-3)25(33-4)26(34-5)23(16)18-11-10-17(31-2)14-20(18)21;1-21-12-6-7-13-14(10-12)15(20)8-5-11-9-16(22-2)18(23-3)19(24-4)17(11)13;1-5-3-2-4-6(7(5)9)8(10)11/h6-8,10-11,13-14,21H,9,12H2,1-5H3,(H,29,30);6-7,9-10,15H,5,8,20H2,1-4H3;2-4H,1H3,(H,10,11)/t21-;15-;/m00./s1. The first kappa shape index (κ1) is 51.6. The quantitative estimate of drug-likeness (QED) is 0.113. The van der Waals surface area contributed by atoms with E-state index in [4.69, 9.17) is 71.9 Å². The van der Waals surface area contributed by atoms with Crippen LogP contribution < -0.4 is 48.9 Å². The normalized spacial score (nSPS) is 14.1. The van der Waals surface area contributed by atoms with Crippen molar-refractivity contribution in [1.29, 1.82) is 0 Å². The molecule has 13 nitrogen and oxygen atoms in total. The highest BCUT2D eigenvalue weighted by Gasteiger charge is 2.31. The number of nitrogens with two attached hydrogens (primary N) is 1. The number of carbonyl (C=O) groups is 2. The zero-order valence-corrected chi connectivity index (χ0v) is 41.9. The molecule has 2 atom stereocenters. The molecule has 6 aromatic rings. The Balaban J connectivity index is 0.000000193. The summed E-state index contributed by atoms with van der Waals surface area (Å²) in [7, 11) is 13.0. The minimum Gasteiger partial charge on any atom is -0.497 e. The molecule has 0 aliphatic heterocycles. The number of carboxylic acids is 1. The number of halogens is 2. The maximum Gasteiger partial charge on any atom is 0.337 e. The number of aryl methyl sites for hydroxylation is 4. The van der Waals surface area contributed by atoms with Crippen LogP contribution in [0.15, 0.2) is 84.9 Å². The second-order valence-corrected chi connectivity index (χ2v) is 16.9. The summed E-state index contributed by atoms with van der Waals surface area (Å²) in [5, 5.41) is 12.6. The third-order valence-corrected chi connectivity index (χ3v) is 13.2. The molecule has 0 bridgehead atoms. The van der Waals surface area contributed by atoms with E-state index in [0.717, 1.165) is 74.2 Å². The van der Waals surface area contributed by atoms with E-state index in [-0.39, 0.29) is 23.6 Å². The fourth-order valence-corrected chi connectivity index (χ4v) is 9.15. The lowest BCUT2D eigenvalue weighted by atomic mass is 9.93. The van der Waals surface area contributed by atoms with E-state index in [1.54, 1.807) is 82.0 Å². The number of hydrogen-bond acceptors (Lipinski definition) is 11. The van der Waals surface area contributed by atoms with Gasteiger partial charge in [0.1, 0.15) is 11.5 Å².